The minimum atomic E-state index is -0.440. The summed E-state index contributed by atoms with van der Waals surface area (Å²) in [5, 5.41) is 0.940. The summed E-state index contributed by atoms with van der Waals surface area (Å²) in [6.07, 6.45) is 0. The fourth-order valence-electron chi connectivity index (χ4n) is 3.21. The van der Waals surface area contributed by atoms with Crippen LogP contribution in [0.2, 0.25) is 0 Å². The highest BCUT2D eigenvalue weighted by Crippen LogP contribution is 2.34. The number of ether oxygens (including phenoxy) is 1. The number of halogens is 1. The van der Waals surface area contributed by atoms with Crippen molar-refractivity contribution in [1.82, 2.24) is 14.9 Å². The van der Waals surface area contributed by atoms with E-state index in [1.165, 1.54) is 24.5 Å². The molecule has 0 saturated carbocycles. The van der Waals surface area contributed by atoms with Crippen molar-refractivity contribution >= 4 is 27.5 Å². The molecule has 0 atom stereocenters. The lowest BCUT2D eigenvalue weighted by Crippen LogP contribution is -2.26. The van der Waals surface area contributed by atoms with Gasteiger partial charge in [-0.25, -0.2) is 14.4 Å². The van der Waals surface area contributed by atoms with Crippen LogP contribution in [-0.2, 0) is 12.0 Å². The van der Waals surface area contributed by atoms with Gasteiger partial charge in [-0.1, -0.05) is 26.8 Å². The number of thiophene rings is 1. The van der Waals surface area contributed by atoms with Crippen molar-refractivity contribution in [3.8, 4) is 5.75 Å². The Morgan fingerprint density at radius 2 is 1.93 bits per heavy atom. The van der Waals surface area contributed by atoms with Crippen molar-refractivity contribution < 1.29 is 13.9 Å². The maximum absolute atomic E-state index is 14.0. The predicted molar refractivity (Wildman–Crippen MR) is 114 cm³/mol. The fraction of sp³-hybridized carbons (Fsp3) is 0.409. The van der Waals surface area contributed by atoms with Crippen molar-refractivity contribution in [3.63, 3.8) is 0 Å². The summed E-state index contributed by atoms with van der Waals surface area (Å²) in [6, 6.07) is 4.72. The van der Waals surface area contributed by atoms with Gasteiger partial charge in [-0.3, -0.25) is 4.79 Å². The molecule has 3 aromatic rings. The minimum Gasteiger partial charge on any atom is -0.494 e. The van der Waals surface area contributed by atoms with E-state index in [0.717, 1.165) is 27.3 Å². The Bertz CT molecular complexity index is 1090. The third-order valence-corrected chi connectivity index (χ3v) is 5.99. The number of rotatable bonds is 4. The highest BCUT2D eigenvalue weighted by molar-refractivity contribution is 7.20. The first-order valence-corrected chi connectivity index (χ1v) is 10.2. The van der Waals surface area contributed by atoms with Crippen LogP contribution < -0.4 is 4.74 Å². The number of nitrogens with zero attached hydrogens (tertiary/aromatic N) is 3. The molecule has 2 heterocycles. The molecule has 0 aliphatic heterocycles. The van der Waals surface area contributed by atoms with E-state index < -0.39 is 5.82 Å². The maximum atomic E-state index is 14.0. The third-order valence-electron chi connectivity index (χ3n) is 4.82. The van der Waals surface area contributed by atoms with Gasteiger partial charge in [-0.2, -0.15) is 0 Å². The summed E-state index contributed by atoms with van der Waals surface area (Å²) in [4.78, 5) is 25.5. The second kappa shape index (κ2) is 7.71. The molecule has 0 radical (unpaired) electrons. The standard InChI is InChI=1S/C22H26FN3O2S/c1-12-17-13(2)24-21(22(3,4)5)25-19(17)29-18(12)20(27)26(6)11-14-8-9-16(28-7)15(23)10-14/h8-10H,11H2,1-7H3. The van der Waals surface area contributed by atoms with Crippen LogP contribution in [0.1, 0.15) is 53.1 Å². The van der Waals surface area contributed by atoms with Crippen LogP contribution in [0.4, 0.5) is 4.39 Å². The van der Waals surface area contributed by atoms with Crippen LogP contribution >= 0.6 is 11.3 Å². The topological polar surface area (TPSA) is 55.3 Å². The van der Waals surface area contributed by atoms with E-state index in [-0.39, 0.29) is 17.1 Å². The van der Waals surface area contributed by atoms with E-state index in [1.807, 2.05) is 13.8 Å². The summed E-state index contributed by atoms with van der Waals surface area (Å²) >= 11 is 1.39. The number of carbonyl (C=O) groups excluding carboxylic acids is 1. The Kier molecular flexibility index (Phi) is 5.63. The van der Waals surface area contributed by atoms with Crippen molar-refractivity contribution in [3.05, 3.63) is 51.5 Å². The molecule has 0 aliphatic carbocycles. The molecule has 29 heavy (non-hydrogen) atoms. The first kappa shape index (κ1) is 21.2. The van der Waals surface area contributed by atoms with E-state index in [1.54, 1.807) is 24.1 Å². The zero-order valence-corrected chi connectivity index (χ0v) is 18.7. The average Bonchev–Trinajstić information content (AvgIpc) is 2.97. The largest absolute Gasteiger partial charge is 0.494 e. The molecule has 0 aliphatic rings. The van der Waals surface area contributed by atoms with Crippen molar-refractivity contribution in [2.24, 2.45) is 0 Å². The smallest absolute Gasteiger partial charge is 0.264 e. The van der Waals surface area contributed by atoms with Crippen molar-refractivity contribution in [2.45, 2.75) is 46.6 Å². The lowest BCUT2D eigenvalue weighted by Gasteiger charge is -2.17. The zero-order chi connectivity index (χ0) is 21.5. The van der Waals surface area contributed by atoms with E-state index in [4.69, 9.17) is 9.72 Å². The Balaban J connectivity index is 1.93. The molecule has 0 saturated heterocycles. The summed E-state index contributed by atoms with van der Waals surface area (Å²) in [6.45, 7) is 10.4. The van der Waals surface area contributed by atoms with Gasteiger partial charge in [-0.05, 0) is 37.1 Å². The molecule has 3 rings (SSSR count). The average molecular weight is 416 g/mol. The number of fused-ring (bicyclic) bond motifs is 1. The van der Waals surface area contributed by atoms with E-state index in [0.29, 0.717) is 17.0 Å². The van der Waals surface area contributed by atoms with Gasteiger partial charge >= 0.3 is 0 Å². The summed E-state index contributed by atoms with van der Waals surface area (Å²) < 4.78 is 18.9. The monoisotopic (exact) mass is 415 g/mol. The van der Waals surface area contributed by atoms with Crippen molar-refractivity contribution in [1.29, 1.82) is 0 Å². The molecule has 0 bridgehead atoms. The lowest BCUT2D eigenvalue weighted by molar-refractivity contribution is 0.0789. The van der Waals surface area contributed by atoms with Crippen LogP contribution in [0.5, 0.6) is 5.75 Å². The molecule has 0 fully saturated rings. The minimum absolute atomic E-state index is 0.113. The van der Waals surface area contributed by atoms with Crippen LogP contribution in [0, 0.1) is 19.7 Å². The first-order valence-electron chi connectivity index (χ1n) is 9.39. The molecule has 7 heteroatoms. The maximum Gasteiger partial charge on any atom is 0.264 e. The molecular weight excluding hydrogens is 389 g/mol. The molecule has 0 N–H and O–H groups in total. The highest BCUT2D eigenvalue weighted by Gasteiger charge is 2.24. The number of hydrogen-bond donors (Lipinski definition) is 0. The number of benzene rings is 1. The van der Waals surface area contributed by atoms with E-state index >= 15 is 0 Å². The first-order chi connectivity index (χ1) is 13.5. The van der Waals surface area contributed by atoms with Gasteiger partial charge < -0.3 is 9.64 Å². The van der Waals surface area contributed by atoms with Gasteiger partial charge in [0.15, 0.2) is 11.6 Å². The second-order valence-corrected chi connectivity index (χ2v) is 9.25. The lowest BCUT2D eigenvalue weighted by atomic mass is 9.95. The quantitative estimate of drug-likeness (QED) is 0.600. The summed E-state index contributed by atoms with van der Waals surface area (Å²) in [7, 11) is 3.14. The molecule has 1 aromatic carbocycles. The summed E-state index contributed by atoms with van der Waals surface area (Å²) in [5.41, 5.74) is 2.30. The van der Waals surface area contributed by atoms with E-state index in [2.05, 4.69) is 25.8 Å². The number of carbonyl (C=O) groups is 1. The van der Waals surface area contributed by atoms with Crippen molar-refractivity contribution in [2.75, 3.05) is 14.2 Å². The second-order valence-electron chi connectivity index (χ2n) is 8.25. The molecule has 1 amide bonds. The van der Waals surface area contributed by atoms with Crippen LogP contribution in [0.3, 0.4) is 0 Å². The van der Waals surface area contributed by atoms with Gasteiger partial charge in [0, 0.05) is 24.4 Å². The number of hydrogen-bond acceptors (Lipinski definition) is 5. The molecular formula is C22H26FN3O2S. The Morgan fingerprint density at radius 3 is 2.52 bits per heavy atom. The normalized spacial score (nSPS) is 11.7. The molecule has 154 valence electrons. The van der Waals surface area contributed by atoms with Crippen LogP contribution in [0.15, 0.2) is 18.2 Å². The number of aryl methyl sites for hydroxylation is 2. The molecule has 5 nitrogen and oxygen atoms in total. The van der Waals surface area contributed by atoms with Gasteiger partial charge in [0.1, 0.15) is 10.7 Å². The molecule has 0 unspecified atom stereocenters. The Hall–Kier alpha value is -2.54. The molecule has 0 spiro atoms. The predicted octanol–water partition coefficient (Wildman–Crippen LogP) is 5.03. The third kappa shape index (κ3) is 4.10. The number of methoxy groups -OCH3 is 1. The van der Waals surface area contributed by atoms with Gasteiger partial charge in [-0.15, -0.1) is 11.3 Å². The van der Waals surface area contributed by atoms with Crippen LogP contribution in [0.25, 0.3) is 10.2 Å². The Morgan fingerprint density at radius 1 is 1.24 bits per heavy atom. The number of amides is 1. The summed E-state index contributed by atoms with van der Waals surface area (Å²) in [5.74, 6) is 0.402. The van der Waals surface area contributed by atoms with Crippen LogP contribution in [-0.4, -0.2) is 34.9 Å². The van der Waals surface area contributed by atoms with Gasteiger partial charge in [0.2, 0.25) is 0 Å². The number of aromatic nitrogens is 2. The van der Waals surface area contributed by atoms with Gasteiger partial charge in [0.25, 0.3) is 5.91 Å². The van der Waals surface area contributed by atoms with Gasteiger partial charge in [0.05, 0.1) is 17.7 Å². The SMILES string of the molecule is COc1ccc(CN(C)C(=O)c2sc3nc(C(C)(C)C)nc(C)c3c2C)cc1F. The molecule has 2 aromatic heterocycles. The highest BCUT2D eigenvalue weighted by atomic mass is 32.1. The fourth-order valence-corrected chi connectivity index (χ4v) is 4.43. The Labute approximate surface area is 174 Å². The zero-order valence-electron chi connectivity index (χ0n) is 17.9. The van der Waals surface area contributed by atoms with E-state index in [9.17, 15) is 9.18 Å².